The standard InChI is InChI=1S/C23H18ClN3O6S/c1-3-33-22(30)19-12(2)25-23-26(20(19)14-5-7-15(24)8-6-14)21(29)18(34-23)11-13-4-9-17(28)16(10-13)27(31)32/h4-11,20,28H,3H2,1-2H3/p-1/b18-11-/t20-/m1/s1. The minimum absolute atomic E-state index is 0.155. The lowest BCUT2D eigenvalue weighted by Gasteiger charge is -2.24. The Morgan fingerprint density at radius 3 is 2.65 bits per heavy atom. The molecule has 2 aromatic carbocycles. The zero-order chi connectivity index (χ0) is 24.6. The van der Waals surface area contributed by atoms with Crippen LogP contribution in [-0.2, 0) is 9.53 Å². The van der Waals surface area contributed by atoms with Gasteiger partial charge in [0.15, 0.2) is 4.80 Å². The van der Waals surface area contributed by atoms with Gasteiger partial charge in [-0.25, -0.2) is 9.79 Å². The van der Waals surface area contributed by atoms with E-state index in [9.17, 15) is 24.8 Å². The van der Waals surface area contributed by atoms with E-state index in [1.54, 1.807) is 38.1 Å². The quantitative estimate of drug-likeness (QED) is 0.302. The van der Waals surface area contributed by atoms with Crippen LogP contribution in [0, 0.1) is 10.1 Å². The molecule has 0 fully saturated rings. The summed E-state index contributed by atoms with van der Waals surface area (Å²) in [7, 11) is 0. The fraction of sp³-hybridized carbons (Fsp3) is 0.174. The Morgan fingerprint density at radius 2 is 2.00 bits per heavy atom. The fourth-order valence-electron chi connectivity index (χ4n) is 3.67. The number of halogens is 1. The molecule has 0 spiro atoms. The van der Waals surface area contributed by atoms with Gasteiger partial charge in [-0.05, 0) is 48.9 Å². The molecule has 0 amide bonds. The lowest BCUT2D eigenvalue weighted by molar-refractivity contribution is -0.398. The Bertz CT molecular complexity index is 1520. The highest BCUT2D eigenvalue weighted by Gasteiger charge is 2.33. The Balaban J connectivity index is 1.94. The number of nitro benzene ring substituents is 1. The van der Waals surface area contributed by atoms with Gasteiger partial charge in [-0.1, -0.05) is 47.2 Å². The predicted octanol–water partition coefficient (Wildman–Crippen LogP) is 2.43. The Morgan fingerprint density at radius 1 is 1.29 bits per heavy atom. The first-order valence-corrected chi connectivity index (χ1v) is 11.3. The van der Waals surface area contributed by atoms with Gasteiger partial charge >= 0.3 is 5.97 Å². The van der Waals surface area contributed by atoms with Gasteiger partial charge in [0.25, 0.3) is 11.2 Å². The van der Waals surface area contributed by atoms with Crippen LogP contribution in [0.1, 0.15) is 31.0 Å². The van der Waals surface area contributed by atoms with E-state index in [-0.39, 0.29) is 16.7 Å². The van der Waals surface area contributed by atoms with Crippen molar-refractivity contribution in [1.29, 1.82) is 0 Å². The predicted molar refractivity (Wildman–Crippen MR) is 124 cm³/mol. The molecule has 3 aromatic rings. The average molecular weight is 499 g/mol. The number of benzene rings is 2. The summed E-state index contributed by atoms with van der Waals surface area (Å²) in [6, 6.07) is 9.57. The zero-order valence-corrected chi connectivity index (χ0v) is 19.6. The molecule has 174 valence electrons. The Labute approximate surface area is 201 Å². The monoisotopic (exact) mass is 498 g/mol. The summed E-state index contributed by atoms with van der Waals surface area (Å²) in [6.45, 7) is 3.51. The highest BCUT2D eigenvalue weighted by Crippen LogP contribution is 2.31. The largest absolute Gasteiger partial charge is 0.868 e. The number of hydrogen-bond acceptors (Lipinski definition) is 8. The number of hydrogen-bond donors (Lipinski definition) is 0. The maximum Gasteiger partial charge on any atom is 0.338 e. The SMILES string of the molecule is CCOC(=O)C1=C(C)N=c2s/c(=C\c3ccc([O-])c([N+](=O)[O-])c3)c(=O)n2[C@@H]1c1ccc(Cl)cc1. The average Bonchev–Trinajstić information content (AvgIpc) is 3.09. The van der Waals surface area contributed by atoms with E-state index in [4.69, 9.17) is 16.3 Å². The summed E-state index contributed by atoms with van der Waals surface area (Å²) in [5, 5.41) is 23.3. The van der Waals surface area contributed by atoms with Gasteiger partial charge in [-0.2, -0.15) is 0 Å². The molecule has 2 heterocycles. The molecule has 4 rings (SSSR count). The molecule has 1 aliphatic heterocycles. The highest BCUT2D eigenvalue weighted by atomic mass is 35.5. The molecule has 0 N–H and O–H groups in total. The summed E-state index contributed by atoms with van der Waals surface area (Å²) in [5.41, 5.74) is 0.585. The van der Waals surface area contributed by atoms with E-state index in [0.29, 0.717) is 26.6 Å². The number of nitro groups is 1. The van der Waals surface area contributed by atoms with Crippen LogP contribution in [0.15, 0.2) is 63.5 Å². The number of nitrogens with zero attached hydrogens (tertiary/aromatic N) is 3. The van der Waals surface area contributed by atoms with Crippen LogP contribution in [0.5, 0.6) is 5.75 Å². The molecule has 0 saturated carbocycles. The second-order valence-electron chi connectivity index (χ2n) is 7.34. The first-order valence-electron chi connectivity index (χ1n) is 10.1. The molecule has 1 aliphatic rings. The molecular formula is C23H17ClN3O6S-. The molecule has 9 nitrogen and oxygen atoms in total. The third kappa shape index (κ3) is 4.25. The van der Waals surface area contributed by atoms with E-state index in [0.717, 1.165) is 23.5 Å². The molecule has 0 unspecified atom stereocenters. The van der Waals surface area contributed by atoms with Crippen molar-refractivity contribution in [2.24, 2.45) is 4.99 Å². The normalized spacial score (nSPS) is 15.6. The maximum absolute atomic E-state index is 13.5. The van der Waals surface area contributed by atoms with E-state index in [2.05, 4.69) is 4.99 Å². The number of allylic oxidation sites excluding steroid dienone is 1. The van der Waals surface area contributed by atoms with Crippen LogP contribution in [0.3, 0.4) is 0 Å². The lowest BCUT2D eigenvalue weighted by atomic mass is 9.96. The molecule has 0 bridgehead atoms. The topological polar surface area (TPSA) is 127 Å². The first kappa shape index (κ1) is 23.4. The van der Waals surface area contributed by atoms with Gasteiger partial charge in [-0.15, -0.1) is 0 Å². The van der Waals surface area contributed by atoms with Crippen LogP contribution in [-0.4, -0.2) is 22.1 Å². The number of carbonyl (C=O) groups excluding carboxylic acids is 1. The van der Waals surface area contributed by atoms with Gasteiger partial charge in [0, 0.05) is 11.1 Å². The van der Waals surface area contributed by atoms with Crippen molar-refractivity contribution in [3.63, 3.8) is 0 Å². The summed E-state index contributed by atoms with van der Waals surface area (Å²) in [6.07, 6.45) is 1.46. The number of thiazole rings is 1. The lowest BCUT2D eigenvalue weighted by Crippen LogP contribution is -2.39. The number of ether oxygens (including phenoxy) is 1. The van der Waals surface area contributed by atoms with E-state index in [1.807, 2.05) is 0 Å². The van der Waals surface area contributed by atoms with Crippen LogP contribution in [0.4, 0.5) is 5.69 Å². The molecule has 1 aromatic heterocycles. The second-order valence-corrected chi connectivity index (χ2v) is 8.78. The molecule has 0 aliphatic carbocycles. The summed E-state index contributed by atoms with van der Waals surface area (Å²) < 4.78 is 6.87. The smallest absolute Gasteiger partial charge is 0.338 e. The Kier molecular flexibility index (Phi) is 6.36. The van der Waals surface area contributed by atoms with Crippen molar-refractivity contribution in [3.05, 3.63) is 99.7 Å². The molecule has 0 saturated heterocycles. The number of rotatable bonds is 5. The van der Waals surface area contributed by atoms with Crippen molar-refractivity contribution >= 4 is 40.7 Å². The van der Waals surface area contributed by atoms with Crippen molar-refractivity contribution < 1.29 is 19.6 Å². The Hall–Kier alpha value is -3.76. The second kappa shape index (κ2) is 9.24. The molecular weight excluding hydrogens is 482 g/mol. The van der Waals surface area contributed by atoms with E-state index >= 15 is 0 Å². The van der Waals surface area contributed by atoms with Gasteiger partial charge in [0.05, 0.1) is 33.4 Å². The van der Waals surface area contributed by atoms with Crippen LogP contribution >= 0.6 is 22.9 Å². The van der Waals surface area contributed by atoms with Crippen molar-refractivity contribution in [2.45, 2.75) is 19.9 Å². The molecule has 11 heteroatoms. The third-order valence-electron chi connectivity index (χ3n) is 5.18. The van der Waals surface area contributed by atoms with Gasteiger partial charge < -0.3 is 9.84 Å². The summed E-state index contributed by atoms with van der Waals surface area (Å²) in [4.78, 5) is 41.5. The molecule has 34 heavy (non-hydrogen) atoms. The van der Waals surface area contributed by atoms with Gasteiger partial charge in [0.1, 0.15) is 0 Å². The first-order chi connectivity index (χ1) is 16.2. The number of aromatic nitrogens is 1. The van der Waals surface area contributed by atoms with Crippen molar-refractivity contribution in [3.8, 4) is 5.75 Å². The number of carbonyl (C=O) groups is 1. The fourth-order valence-corrected chi connectivity index (χ4v) is 4.84. The summed E-state index contributed by atoms with van der Waals surface area (Å²) >= 11 is 7.11. The highest BCUT2D eigenvalue weighted by molar-refractivity contribution is 7.07. The van der Waals surface area contributed by atoms with Crippen LogP contribution < -0.4 is 20.0 Å². The minimum Gasteiger partial charge on any atom is -0.868 e. The van der Waals surface area contributed by atoms with Crippen molar-refractivity contribution in [2.75, 3.05) is 6.61 Å². The zero-order valence-electron chi connectivity index (χ0n) is 18.0. The molecule has 0 radical (unpaired) electrons. The van der Waals surface area contributed by atoms with Crippen molar-refractivity contribution in [1.82, 2.24) is 4.57 Å². The number of esters is 1. The van der Waals surface area contributed by atoms with Crippen LogP contribution in [0.2, 0.25) is 5.02 Å². The van der Waals surface area contributed by atoms with E-state index < -0.39 is 33.9 Å². The van der Waals surface area contributed by atoms with Gasteiger partial charge in [-0.3, -0.25) is 19.5 Å². The van der Waals surface area contributed by atoms with E-state index in [1.165, 1.54) is 16.7 Å². The maximum atomic E-state index is 13.5. The van der Waals surface area contributed by atoms with Gasteiger partial charge in [0.2, 0.25) is 0 Å². The third-order valence-corrected chi connectivity index (χ3v) is 6.42. The van der Waals surface area contributed by atoms with Crippen LogP contribution in [0.25, 0.3) is 6.08 Å². The minimum atomic E-state index is -0.798. The molecule has 1 atom stereocenters. The summed E-state index contributed by atoms with van der Waals surface area (Å²) in [5.74, 6) is -1.30. The number of fused-ring (bicyclic) bond motifs is 1.